The van der Waals surface area contributed by atoms with Crippen molar-refractivity contribution in [2.24, 2.45) is 23.0 Å². The van der Waals surface area contributed by atoms with Crippen LogP contribution in [0.2, 0.25) is 0 Å². The molecule has 11 unspecified atom stereocenters. The molecule has 1 amide bonds. The van der Waals surface area contributed by atoms with Gasteiger partial charge in [0.05, 0.1) is 30.5 Å². The third-order valence-electron chi connectivity index (χ3n) is 15.9. The average molecular weight is 969 g/mol. The molecule has 5 aliphatic rings. The SMILES string of the molecule is C=C(C=CC=C(CO)C1CCC2(C3CCC(O)Cc4cccc(c4)C4CSSCc5ccc6c(c5CC(=O)C(C)=C3CCC2(C)O)C(NCC(O)C4)C(=O)NC6N)C1O)C(CC=C(C)C)NCC. The molecular weight excluding hydrogens is 893 g/mol. The second-order valence-corrected chi connectivity index (χ2v) is 23.0. The Balaban J connectivity index is 1.31. The third kappa shape index (κ3) is 11.2. The van der Waals surface area contributed by atoms with Gasteiger partial charge in [0, 0.05) is 41.8 Å². The maximum Gasteiger partial charge on any atom is 0.243 e. The number of nitrogens with one attached hydrogen (secondary N) is 3. The zero-order chi connectivity index (χ0) is 48.9. The first-order valence-electron chi connectivity index (χ1n) is 24.8. The van der Waals surface area contributed by atoms with Gasteiger partial charge in [-0.3, -0.25) is 14.9 Å². The van der Waals surface area contributed by atoms with Crippen LogP contribution in [0.15, 0.2) is 95.1 Å². The minimum absolute atomic E-state index is 0.0101. The predicted octanol–water partition coefficient (Wildman–Crippen LogP) is 7.24. The summed E-state index contributed by atoms with van der Waals surface area (Å²) in [5.74, 6) is -0.0509. The lowest BCUT2D eigenvalue weighted by Gasteiger charge is -2.56. The van der Waals surface area contributed by atoms with E-state index in [2.05, 4.69) is 61.5 Å². The average Bonchev–Trinajstić information content (AvgIpc) is 3.64. The summed E-state index contributed by atoms with van der Waals surface area (Å²) in [5, 5.41) is 69.7. The Bertz CT molecular complexity index is 2300. The van der Waals surface area contributed by atoms with E-state index in [0.717, 1.165) is 57.7 Å². The van der Waals surface area contributed by atoms with Crippen LogP contribution in [0, 0.1) is 17.3 Å². The zero-order valence-electron chi connectivity index (χ0n) is 40.7. The van der Waals surface area contributed by atoms with Crippen molar-refractivity contribution in [1.82, 2.24) is 16.0 Å². The predicted molar refractivity (Wildman–Crippen MR) is 276 cm³/mol. The number of amides is 1. The summed E-state index contributed by atoms with van der Waals surface area (Å²) in [4.78, 5) is 29.1. The molecule has 68 heavy (non-hydrogen) atoms. The van der Waals surface area contributed by atoms with Crippen molar-refractivity contribution in [3.8, 4) is 0 Å². The molecule has 6 bridgehead atoms. The number of hydrogen-bond acceptors (Lipinski definition) is 12. The van der Waals surface area contributed by atoms with E-state index in [0.29, 0.717) is 73.8 Å². The van der Waals surface area contributed by atoms with Crippen LogP contribution in [0.3, 0.4) is 0 Å². The topological polar surface area (TPSA) is 197 Å². The molecule has 3 aliphatic heterocycles. The van der Waals surface area contributed by atoms with E-state index < -0.39 is 53.4 Å². The van der Waals surface area contributed by atoms with Crippen molar-refractivity contribution in [2.45, 2.75) is 153 Å². The number of hydrogen-bond donors (Lipinski definition) is 9. The molecule has 0 aromatic heterocycles. The van der Waals surface area contributed by atoms with Gasteiger partial charge < -0.3 is 41.9 Å². The number of likely N-dealkylation sites (N-methyl/N-ethyl adjacent to an activating group) is 1. The molecular formula is C55H76N4O7S2. The van der Waals surface area contributed by atoms with E-state index in [1.54, 1.807) is 21.6 Å². The number of nitrogens with two attached hydrogens (primary N) is 1. The molecule has 2 saturated carbocycles. The highest BCUT2D eigenvalue weighted by Gasteiger charge is 2.64. The number of rotatable bonds is 9. The monoisotopic (exact) mass is 969 g/mol. The lowest BCUT2D eigenvalue weighted by atomic mass is 9.52. The molecule has 370 valence electrons. The van der Waals surface area contributed by atoms with Crippen LogP contribution in [0.25, 0.3) is 0 Å². The van der Waals surface area contributed by atoms with Crippen LogP contribution >= 0.6 is 21.6 Å². The van der Waals surface area contributed by atoms with Gasteiger partial charge in [0.15, 0.2) is 5.78 Å². The van der Waals surface area contributed by atoms with Gasteiger partial charge in [0.25, 0.3) is 0 Å². The molecule has 11 atom stereocenters. The summed E-state index contributed by atoms with van der Waals surface area (Å²) in [7, 11) is 3.42. The van der Waals surface area contributed by atoms with E-state index >= 15 is 4.79 Å². The zero-order valence-corrected chi connectivity index (χ0v) is 42.4. The number of ketones is 1. The first-order chi connectivity index (χ1) is 32.5. The van der Waals surface area contributed by atoms with E-state index in [-0.39, 0.29) is 43.2 Å². The Morgan fingerprint density at radius 3 is 2.62 bits per heavy atom. The maximum atomic E-state index is 15.2. The molecule has 2 fully saturated rings. The van der Waals surface area contributed by atoms with Crippen molar-refractivity contribution in [1.29, 1.82) is 0 Å². The minimum atomic E-state index is -1.34. The smallest absolute Gasteiger partial charge is 0.243 e. The maximum absolute atomic E-state index is 15.2. The van der Waals surface area contributed by atoms with Gasteiger partial charge in [-0.15, -0.1) is 0 Å². The summed E-state index contributed by atoms with van der Waals surface area (Å²) in [6.07, 6.45) is 8.75. The quantitative estimate of drug-likeness (QED) is 0.0695. The van der Waals surface area contributed by atoms with Gasteiger partial charge in [-0.1, -0.05) is 107 Å². The van der Waals surface area contributed by atoms with Gasteiger partial charge in [-0.25, -0.2) is 0 Å². The molecule has 1 spiro atoms. The molecule has 2 aliphatic carbocycles. The van der Waals surface area contributed by atoms with E-state index in [1.165, 1.54) is 5.57 Å². The summed E-state index contributed by atoms with van der Waals surface area (Å²) in [5.41, 5.74) is 13.6. The first-order valence-corrected chi connectivity index (χ1v) is 27.3. The van der Waals surface area contributed by atoms with Gasteiger partial charge in [0.1, 0.15) is 12.2 Å². The molecule has 2 aromatic rings. The van der Waals surface area contributed by atoms with Gasteiger partial charge in [-0.2, -0.15) is 0 Å². The van der Waals surface area contributed by atoms with Crippen molar-refractivity contribution in [3.05, 3.63) is 129 Å². The Morgan fingerprint density at radius 1 is 1.07 bits per heavy atom. The lowest BCUT2D eigenvalue weighted by Crippen LogP contribution is -2.59. The van der Waals surface area contributed by atoms with Crippen LogP contribution < -0.4 is 21.7 Å². The highest BCUT2D eigenvalue weighted by atomic mass is 33.1. The summed E-state index contributed by atoms with van der Waals surface area (Å²) in [6.45, 7) is 14.9. The van der Waals surface area contributed by atoms with Crippen LogP contribution in [-0.4, -0.2) is 92.6 Å². The molecule has 10 N–H and O–H groups in total. The molecule has 11 nitrogen and oxygen atoms in total. The van der Waals surface area contributed by atoms with Crippen molar-refractivity contribution >= 4 is 33.3 Å². The van der Waals surface area contributed by atoms with Crippen LogP contribution in [0.1, 0.15) is 137 Å². The van der Waals surface area contributed by atoms with Crippen molar-refractivity contribution < 1.29 is 35.1 Å². The summed E-state index contributed by atoms with van der Waals surface area (Å²) < 4.78 is 0. The Morgan fingerprint density at radius 2 is 1.87 bits per heavy atom. The lowest BCUT2D eigenvalue weighted by molar-refractivity contribution is -0.168. The van der Waals surface area contributed by atoms with E-state index in [1.807, 2.05) is 56.3 Å². The molecule has 0 radical (unpaired) electrons. The number of benzene rings is 2. The fourth-order valence-electron chi connectivity index (χ4n) is 12.1. The van der Waals surface area contributed by atoms with Crippen LogP contribution in [0.4, 0.5) is 0 Å². The van der Waals surface area contributed by atoms with E-state index in [4.69, 9.17) is 5.73 Å². The van der Waals surface area contributed by atoms with Gasteiger partial charge >= 0.3 is 0 Å². The fourth-order valence-corrected chi connectivity index (χ4v) is 14.6. The number of carbonyl (C=O) groups excluding carboxylic acids is 2. The number of Topliss-reactive ketones (excluding diaryl/α,β-unsaturated/α-hetero) is 1. The van der Waals surface area contributed by atoms with Crippen LogP contribution in [0.5, 0.6) is 0 Å². The minimum Gasteiger partial charge on any atom is -0.393 e. The van der Waals surface area contributed by atoms with Crippen molar-refractivity contribution in [3.63, 3.8) is 0 Å². The summed E-state index contributed by atoms with van der Waals surface area (Å²) >= 11 is 0. The normalized spacial score (nSPS) is 32.2. The Hall–Kier alpha value is -3.34. The highest BCUT2D eigenvalue weighted by molar-refractivity contribution is 8.76. The number of allylic oxidation sites excluding steroid dienone is 5. The highest BCUT2D eigenvalue weighted by Crippen LogP contribution is 2.63. The molecule has 3 heterocycles. The fraction of sp³-hybridized carbons (Fsp3) is 0.564. The molecule has 2 aromatic carbocycles. The molecule has 7 rings (SSSR count). The largest absolute Gasteiger partial charge is 0.393 e. The second-order valence-electron chi connectivity index (χ2n) is 20.5. The van der Waals surface area contributed by atoms with Gasteiger partial charge in [-0.05, 0) is 154 Å². The summed E-state index contributed by atoms with van der Waals surface area (Å²) in [6, 6.07) is 11.4. The Kier molecular flexibility index (Phi) is 17.6. The van der Waals surface area contributed by atoms with Gasteiger partial charge in [0.2, 0.25) is 5.91 Å². The number of carbonyl (C=O) groups is 2. The third-order valence-corrected chi connectivity index (χ3v) is 18.3. The Labute approximate surface area is 412 Å². The molecule has 0 saturated heterocycles. The molecule has 13 heteroatoms. The number of fused-ring (bicyclic) bond motifs is 9. The van der Waals surface area contributed by atoms with Crippen molar-refractivity contribution in [2.75, 3.05) is 25.4 Å². The number of β-amino-alcohol motifs (C(OH)–C–C–N with tert-alkyl or cyclic N) is 1. The first kappa shape index (κ1) is 52.5. The number of aliphatic hydroxyl groups excluding tert-OH is 4. The van der Waals surface area contributed by atoms with E-state index in [9.17, 15) is 30.3 Å². The number of aliphatic hydroxyl groups is 5. The second kappa shape index (κ2) is 22.8. The van der Waals surface area contributed by atoms with Crippen LogP contribution in [-0.2, 0) is 28.2 Å². The standard InChI is InChI=1S/C55H76N4O7S2/c1-7-57-47(19-14-32(2)3)33(4)10-8-13-37(29-60)43-21-23-55(51(43)64)46-18-16-40(61)25-35-11-9-12-36(24-35)39-26-41(62)28-58-50-49-44(52(56)59-53(50)65)17-15-38(30-67-68-31-39)45(49)27-48(63)34(5)42(46)20-22-54(55,6)66/h8-15,17,24,39-41,43,46-47,50-52,57-58,60-62,64,66H,4,7,16,18-23,25-31,56H2,1-3,5-6H3,(H,59,65).